The molecular weight excluding hydrogens is 284 g/mol. The Labute approximate surface area is 129 Å². The summed E-state index contributed by atoms with van der Waals surface area (Å²) < 4.78 is 0. The van der Waals surface area contributed by atoms with Crippen LogP contribution in [0.1, 0.15) is 44.7 Å². The minimum Gasteiger partial charge on any atom is -0.479 e. The van der Waals surface area contributed by atoms with Crippen molar-refractivity contribution in [1.82, 2.24) is 10.6 Å². The minimum atomic E-state index is -1.11. The first-order valence-electron chi connectivity index (χ1n) is 7.26. The second kappa shape index (κ2) is 8.81. The van der Waals surface area contributed by atoms with Gasteiger partial charge in [0.25, 0.3) is 0 Å². The molecule has 6 nitrogen and oxygen atoms in total. The molecule has 1 atom stereocenters. The van der Waals surface area contributed by atoms with Gasteiger partial charge in [0, 0.05) is 18.9 Å². The Hall–Kier alpha value is -2.37. The molecule has 0 aliphatic carbocycles. The molecule has 120 valence electrons. The zero-order chi connectivity index (χ0) is 16.5. The number of benzene rings is 1. The van der Waals surface area contributed by atoms with E-state index in [1.54, 1.807) is 30.3 Å². The molecule has 1 aromatic rings. The molecular formula is C16H22N2O4. The van der Waals surface area contributed by atoms with Crippen molar-refractivity contribution < 1.29 is 19.5 Å². The zero-order valence-corrected chi connectivity index (χ0v) is 12.8. The van der Waals surface area contributed by atoms with Crippen molar-refractivity contribution in [2.24, 2.45) is 0 Å². The number of aliphatic carboxylic acids is 1. The first kappa shape index (κ1) is 17.7. The maximum Gasteiger partial charge on any atom is 0.330 e. The summed E-state index contributed by atoms with van der Waals surface area (Å²) in [4.78, 5) is 34.5. The van der Waals surface area contributed by atoms with Crippen LogP contribution in [0.3, 0.4) is 0 Å². The van der Waals surface area contributed by atoms with Crippen LogP contribution in [0.2, 0.25) is 0 Å². The van der Waals surface area contributed by atoms with E-state index in [1.165, 1.54) is 0 Å². The molecule has 1 rings (SSSR count). The highest BCUT2D eigenvalue weighted by molar-refractivity contribution is 5.85. The molecule has 2 amide bonds. The lowest BCUT2D eigenvalue weighted by Crippen LogP contribution is -2.34. The molecule has 0 aliphatic rings. The zero-order valence-electron chi connectivity index (χ0n) is 12.8. The topological polar surface area (TPSA) is 95.5 Å². The predicted molar refractivity (Wildman–Crippen MR) is 82.1 cm³/mol. The van der Waals surface area contributed by atoms with Gasteiger partial charge in [-0.2, -0.15) is 0 Å². The normalized spacial score (nSPS) is 11.8. The Morgan fingerprint density at radius 1 is 1.00 bits per heavy atom. The van der Waals surface area contributed by atoms with Crippen LogP contribution in [0.4, 0.5) is 0 Å². The first-order valence-corrected chi connectivity index (χ1v) is 7.26. The van der Waals surface area contributed by atoms with E-state index in [4.69, 9.17) is 0 Å². The molecule has 0 aliphatic heterocycles. The molecule has 0 bridgehead atoms. The van der Waals surface area contributed by atoms with Crippen LogP contribution < -0.4 is 10.6 Å². The third-order valence-corrected chi connectivity index (χ3v) is 2.94. The molecule has 1 aromatic carbocycles. The smallest absolute Gasteiger partial charge is 0.330 e. The fourth-order valence-corrected chi connectivity index (χ4v) is 1.97. The monoisotopic (exact) mass is 306 g/mol. The molecule has 22 heavy (non-hydrogen) atoms. The number of hydrogen-bond donors (Lipinski definition) is 3. The Kier molecular flexibility index (Phi) is 7.08. The standard InChI is InChI=1S/C16H22N2O4/c1-11(2)17-13(19)9-6-10-14(20)18-15(16(21)22)12-7-4-3-5-8-12/h3-5,7-8,11,15H,6,9-10H2,1-2H3,(H,17,19)(H,18,20)(H,21,22). The van der Waals surface area contributed by atoms with Gasteiger partial charge in [0.1, 0.15) is 0 Å². The van der Waals surface area contributed by atoms with E-state index in [-0.39, 0.29) is 30.7 Å². The molecule has 0 heterocycles. The summed E-state index contributed by atoms with van der Waals surface area (Å²) in [6, 6.07) is 7.50. The Bertz CT molecular complexity index is 514. The van der Waals surface area contributed by atoms with E-state index in [2.05, 4.69) is 10.6 Å². The van der Waals surface area contributed by atoms with Crippen molar-refractivity contribution in [3.8, 4) is 0 Å². The number of rotatable bonds is 8. The van der Waals surface area contributed by atoms with Crippen molar-refractivity contribution in [3.05, 3.63) is 35.9 Å². The Balaban J connectivity index is 2.45. The number of carbonyl (C=O) groups excluding carboxylic acids is 2. The van der Waals surface area contributed by atoms with Crippen molar-refractivity contribution in [3.63, 3.8) is 0 Å². The number of hydrogen-bond acceptors (Lipinski definition) is 3. The number of carboxylic acids is 1. The van der Waals surface area contributed by atoms with Gasteiger partial charge < -0.3 is 15.7 Å². The second-order valence-electron chi connectivity index (χ2n) is 5.33. The summed E-state index contributed by atoms with van der Waals surface area (Å²) in [7, 11) is 0. The Morgan fingerprint density at radius 3 is 2.05 bits per heavy atom. The highest BCUT2D eigenvalue weighted by Gasteiger charge is 2.21. The van der Waals surface area contributed by atoms with Gasteiger partial charge in [-0.1, -0.05) is 30.3 Å². The average molecular weight is 306 g/mol. The number of nitrogens with one attached hydrogen (secondary N) is 2. The van der Waals surface area contributed by atoms with Gasteiger partial charge in [0.2, 0.25) is 11.8 Å². The van der Waals surface area contributed by atoms with Gasteiger partial charge in [-0.15, -0.1) is 0 Å². The first-order chi connectivity index (χ1) is 10.4. The van der Waals surface area contributed by atoms with Gasteiger partial charge in [-0.25, -0.2) is 4.79 Å². The van der Waals surface area contributed by atoms with Crippen molar-refractivity contribution >= 4 is 17.8 Å². The van der Waals surface area contributed by atoms with E-state index in [0.29, 0.717) is 12.0 Å². The number of carboxylic acid groups (broad SMARTS) is 1. The number of carbonyl (C=O) groups is 3. The average Bonchev–Trinajstić information content (AvgIpc) is 2.44. The van der Waals surface area contributed by atoms with Crippen molar-refractivity contribution in [1.29, 1.82) is 0 Å². The fourth-order valence-electron chi connectivity index (χ4n) is 1.97. The molecule has 1 unspecified atom stereocenters. The summed E-state index contributed by atoms with van der Waals surface area (Å²) in [5, 5.41) is 14.4. The highest BCUT2D eigenvalue weighted by Crippen LogP contribution is 2.13. The van der Waals surface area contributed by atoms with Gasteiger partial charge in [0.15, 0.2) is 6.04 Å². The third kappa shape index (κ3) is 6.39. The van der Waals surface area contributed by atoms with E-state index in [9.17, 15) is 19.5 Å². The molecule has 0 spiro atoms. The van der Waals surface area contributed by atoms with Crippen LogP contribution in [0.25, 0.3) is 0 Å². The van der Waals surface area contributed by atoms with Crippen LogP contribution in [0.5, 0.6) is 0 Å². The summed E-state index contributed by atoms with van der Waals surface area (Å²) >= 11 is 0. The summed E-state index contributed by atoms with van der Waals surface area (Å²) in [6.45, 7) is 3.73. The van der Waals surface area contributed by atoms with Crippen LogP contribution in [0, 0.1) is 0 Å². The minimum absolute atomic E-state index is 0.0656. The predicted octanol–water partition coefficient (Wildman–Crippen LogP) is 1.62. The maximum atomic E-state index is 11.8. The van der Waals surface area contributed by atoms with Gasteiger partial charge in [0.05, 0.1) is 0 Å². The van der Waals surface area contributed by atoms with Crippen LogP contribution in [0.15, 0.2) is 30.3 Å². The van der Waals surface area contributed by atoms with Gasteiger partial charge in [-0.05, 0) is 25.8 Å². The molecule has 0 radical (unpaired) electrons. The molecule has 0 saturated heterocycles. The summed E-state index contributed by atoms with van der Waals surface area (Å²) in [6.07, 6.45) is 0.738. The van der Waals surface area contributed by atoms with Gasteiger partial charge >= 0.3 is 5.97 Å². The molecule has 6 heteroatoms. The Morgan fingerprint density at radius 2 is 1.55 bits per heavy atom. The summed E-state index contributed by atoms with van der Waals surface area (Å²) in [5.41, 5.74) is 0.515. The van der Waals surface area contributed by atoms with Crippen LogP contribution >= 0.6 is 0 Å². The molecule has 0 saturated carbocycles. The number of amides is 2. The van der Waals surface area contributed by atoms with E-state index in [1.807, 2.05) is 13.8 Å². The van der Waals surface area contributed by atoms with Crippen molar-refractivity contribution in [2.45, 2.75) is 45.2 Å². The quantitative estimate of drug-likeness (QED) is 0.680. The maximum absolute atomic E-state index is 11.8. The second-order valence-corrected chi connectivity index (χ2v) is 5.33. The van der Waals surface area contributed by atoms with E-state index >= 15 is 0 Å². The molecule has 0 fully saturated rings. The van der Waals surface area contributed by atoms with E-state index in [0.717, 1.165) is 0 Å². The lowest BCUT2D eigenvalue weighted by atomic mass is 10.1. The summed E-state index contributed by atoms with van der Waals surface area (Å²) in [5.74, 6) is -1.61. The lowest BCUT2D eigenvalue weighted by Gasteiger charge is -2.15. The third-order valence-electron chi connectivity index (χ3n) is 2.94. The van der Waals surface area contributed by atoms with E-state index < -0.39 is 12.0 Å². The lowest BCUT2D eigenvalue weighted by molar-refractivity contribution is -0.142. The largest absolute Gasteiger partial charge is 0.479 e. The van der Waals surface area contributed by atoms with Crippen LogP contribution in [-0.4, -0.2) is 28.9 Å². The van der Waals surface area contributed by atoms with Gasteiger partial charge in [-0.3, -0.25) is 9.59 Å². The SMILES string of the molecule is CC(C)NC(=O)CCCC(=O)NC(C(=O)O)c1ccccc1. The molecule has 3 N–H and O–H groups in total. The van der Waals surface area contributed by atoms with Crippen molar-refractivity contribution in [2.75, 3.05) is 0 Å². The highest BCUT2D eigenvalue weighted by atomic mass is 16.4. The molecule has 0 aromatic heterocycles. The van der Waals surface area contributed by atoms with Crippen LogP contribution in [-0.2, 0) is 14.4 Å². The fraction of sp³-hybridized carbons (Fsp3) is 0.438.